The molecule has 7 nitrogen and oxygen atoms in total. The smallest absolute Gasteiger partial charge is 0.282 e. The topological polar surface area (TPSA) is 90.7 Å². The summed E-state index contributed by atoms with van der Waals surface area (Å²) >= 11 is 6.16. The average Bonchev–Trinajstić information content (AvgIpc) is 2.80. The van der Waals surface area contributed by atoms with Crippen LogP contribution in [0.4, 0.5) is 11.4 Å². The van der Waals surface area contributed by atoms with Gasteiger partial charge in [0.1, 0.15) is 5.56 Å². The molecule has 124 valence electrons. The Balaban J connectivity index is 1.90. The molecule has 8 heteroatoms. The molecule has 0 saturated carbocycles. The van der Waals surface area contributed by atoms with Crippen LogP contribution in [0, 0.1) is 10.1 Å². The summed E-state index contributed by atoms with van der Waals surface area (Å²) in [6.45, 7) is 1.01. The van der Waals surface area contributed by atoms with Gasteiger partial charge in [-0.1, -0.05) is 23.7 Å². The minimum absolute atomic E-state index is 0.0503. The van der Waals surface area contributed by atoms with Crippen LogP contribution in [-0.2, 0) is 0 Å². The van der Waals surface area contributed by atoms with Crippen molar-refractivity contribution in [2.24, 2.45) is 0 Å². The van der Waals surface area contributed by atoms with Crippen molar-refractivity contribution in [3.63, 3.8) is 0 Å². The van der Waals surface area contributed by atoms with Gasteiger partial charge in [0.25, 0.3) is 11.6 Å². The van der Waals surface area contributed by atoms with Crippen LogP contribution in [0.5, 0.6) is 11.5 Å². The van der Waals surface area contributed by atoms with Crippen molar-refractivity contribution in [3.8, 4) is 11.5 Å². The fraction of sp³-hybridized carbons (Fsp3) is 0.188. The number of halogens is 1. The predicted molar refractivity (Wildman–Crippen MR) is 88.1 cm³/mol. The van der Waals surface area contributed by atoms with Crippen LogP contribution in [-0.4, -0.2) is 24.0 Å². The van der Waals surface area contributed by atoms with Crippen LogP contribution in [0.1, 0.15) is 16.8 Å². The second-order valence-electron chi connectivity index (χ2n) is 5.06. The van der Waals surface area contributed by atoms with Crippen LogP contribution in [0.25, 0.3) is 0 Å². The summed E-state index contributed by atoms with van der Waals surface area (Å²) in [7, 11) is 0. The summed E-state index contributed by atoms with van der Waals surface area (Å²) in [5.74, 6) is 0.342. The molecule has 3 rings (SSSR count). The van der Waals surface area contributed by atoms with Crippen LogP contribution in [0.15, 0.2) is 36.4 Å². The minimum Gasteiger partial charge on any atom is -0.490 e. The lowest BCUT2D eigenvalue weighted by molar-refractivity contribution is -0.385. The molecule has 2 aromatic rings. The van der Waals surface area contributed by atoms with Gasteiger partial charge in [-0.3, -0.25) is 14.9 Å². The fourth-order valence-electron chi connectivity index (χ4n) is 2.29. The molecule has 0 spiro atoms. The van der Waals surface area contributed by atoms with Gasteiger partial charge in [-0.05, 0) is 6.07 Å². The number of anilines is 1. The largest absolute Gasteiger partial charge is 0.490 e. The maximum absolute atomic E-state index is 12.4. The third-order valence-corrected chi connectivity index (χ3v) is 3.74. The van der Waals surface area contributed by atoms with Gasteiger partial charge in [0.2, 0.25) is 0 Å². The first-order chi connectivity index (χ1) is 11.6. The Kier molecular flexibility index (Phi) is 4.52. The summed E-state index contributed by atoms with van der Waals surface area (Å²) < 4.78 is 11.1. The van der Waals surface area contributed by atoms with Crippen molar-refractivity contribution >= 4 is 28.9 Å². The Bertz CT molecular complexity index is 809. The zero-order valence-electron chi connectivity index (χ0n) is 12.5. The number of fused-ring (bicyclic) bond motifs is 1. The summed E-state index contributed by atoms with van der Waals surface area (Å²) in [6.07, 6.45) is 0.740. The van der Waals surface area contributed by atoms with E-state index in [1.54, 1.807) is 18.2 Å². The molecule has 0 bridgehead atoms. The molecule has 1 amide bonds. The second kappa shape index (κ2) is 6.76. The number of hydrogen-bond donors (Lipinski definition) is 1. The maximum atomic E-state index is 12.4. The van der Waals surface area contributed by atoms with E-state index in [0.717, 1.165) is 6.42 Å². The number of nitrogens with one attached hydrogen (secondary N) is 1. The molecule has 24 heavy (non-hydrogen) atoms. The molecular formula is C16H13ClN2O5. The molecular weight excluding hydrogens is 336 g/mol. The van der Waals surface area contributed by atoms with Crippen LogP contribution in [0.2, 0.25) is 5.02 Å². The number of amides is 1. The van der Waals surface area contributed by atoms with E-state index in [2.05, 4.69) is 5.32 Å². The van der Waals surface area contributed by atoms with Crippen molar-refractivity contribution in [1.29, 1.82) is 0 Å². The van der Waals surface area contributed by atoms with Crippen molar-refractivity contribution in [2.45, 2.75) is 6.42 Å². The molecule has 1 aliphatic heterocycles. The summed E-state index contributed by atoms with van der Waals surface area (Å²) in [5, 5.41) is 13.9. The SMILES string of the molecule is O=C(Nc1cc2c(cc1Cl)OCCCO2)c1ccccc1[N+](=O)[O-]. The Labute approximate surface area is 142 Å². The average molecular weight is 349 g/mol. The number of nitro groups is 1. The minimum atomic E-state index is -0.626. The molecule has 0 saturated heterocycles. The highest BCUT2D eigenvalue weighted by Gasteiger charge is 2.21. The van der Waals surface area contributed by atoms with Crippen molar-refractivity contribution in [3.05, 3.63) is 57.1 Å². The Morgan fingerprint density at radius 2 is 1.83 bits per heavy atom. The lowest BCUT2D eigenvalue weighted by Crippen LogP contribution is -2.14. The van der Waals surface area contributed by atoms with Crippen LogP contribution in [0.3, 0.4) is 0 Å². The lowest BCUT2D eigenvalue weighted by atomic mass is 10.1. The zero-order chi connectivity index (χ0) is 17.1. The molecule has 0 aromatic heterocycles. The first-order valence-electron chi connectivity index (χ1n) is 7.20. The van der Waals surface area contributed by atoms with Gasteiger partial charge in [-0.15, -0.1) is 0 Å². The van der Waals surface area contributed by atoms with E-state index in [-0.39, 0.29) is 16.3 Å². The third kappa shape index (κ3) is 3.26. The normalized spacial score (nSPS) is 13.0. The summed E-state index contributed by atoms with van der Waals surface area (Å²) in [6, 6.07) is 8.80. The molecule has 0 aliphatic carbocycles. The number of carbonyl (C=O) groups is 1. The highest BCUT2D eigenvalue weighted by atomic mass is 35.5. The third-order valence-electron chi connectivity index (χ3n) is 3.43. The van der Waals surface area contributed by atoms with Gasteiger partial charge in [-0.2, -0.15) is 0 Å². The van der Waals surface area contributed by atoms with Gasteiger partial charge in [0, 0.05) is 24.6 Å². The number of benzene rings is 2. The maximum Gasteiger partial charge on any atom is 0.282 e. The predicted octanol–water partition coefficient (Wildman–Crippen LogP) is 3.66. The number of nitro benzene ring substituents is 1. The highest BCUT2D eigenvalue weighted by molar-refractivity contribution is 6.34. The molecule has 1 heterocycles. The Morgan fingerprint density at radius 1 is 1.17 bits per heavy atom. The number of nitrogens with zero attached hydrogens (tertiary/aromatic N) is 1. The standard InChI is InChI=1S/C16H13ClN2O5/c17-11-8-14-15(24-7-3-6-23-14)9-12(11)18-16(20)10-4-1-2-5-13(10)19(21)22/h1-2,4-5,8-9H,3,6-7H2,(H,18,20). The quantitative estimate of drug-likeness (QED) is 0.675. The summed E-state index contributed by atoms with van der Waals surface area (Å²) in [4.78, 5) is 22.8. The first-order valence-corrected chi connectivity index (χ1v) is 7.58. The van der Waals surface area contributed by atoms with E-state index in [4.69, 9.17) is 21.1 Å². The van der Waals surface area contributed by atoms with Gasteiger partial charge >= 0.3 is 0 Å². The van der Waals surface area contributed by atoms with Crippen molar-refractivity contribution in [2.75, 3.05) is 18.5 Å². The molecule has 0 unspecified atom stereocenters. The molecule has 1 aliphatic rings. The van der Waals surface area contributed by atoms with E-state index in [9.17, 15) is 14.9 Å². The Morgan fingerprint density at radius 3 is 2.54 bits per heavy atom. The number of rotatable bonds is 3. The summed E-state index contributed by atoms with van der Waals surface area (Å²) in [5.41, 5.74) is -0.0322. The molecule has 0 fully saturated rings. The monoisotopic (exact) mass is 348 g/mol. The number of carbonyl (C=O) groups excluding carboxylic acids is 1. The van der Waals surface area contributed by atoms with E-state index >= 15 is 0 Å². The van der Waals surface area contributed by atoms with Gasteiger partial charge in [-0.25, -0.2) is 0 Å². The van der Waals surface area contributed by atoms with E-state index in [1.165, 1.54) is 18.2 Å². The zero-order valence-corrected chi connectivity index (χ0v) is 13.2. The second-order valence-corrected chi connectivity index (χ2v) is 5.46. The number of ether oxygens (including phenoxy) is 2. The van der Waals surface area contributed by atoms with E-state index in [0.29, 0.717) is 30.4 Å². The van der Waals surface area contributed by atoms with E-state index in [1.807, 2.05) is 0 Å². The number of para-hydroxylation sites is 1. The highest BCUT2D eigenvalue weighted by Crippen LogP contribution is 2.38. The molecule has 1 N–H and O–H groups in total. The van der Waals surface area contributed by atoms with Crippen molar-refractivity contribution < 1.29 is 19.2 Å². The molecule has 2 aromatic carbocycles. The van der Waals surface area contributed by atoms with Gasteiger partial charge in [0.05, 0.1) is 28.8 Å². The Hall–Kier alpha value is -2.80. The van der Waals surface area contributed by atoms with E-state index < -0.39 is 10.8 Å². The fourth-order valence-corrected chi connectivity index (χ4v) is 2.50. The van der Waals surface area contributed by atoms with Gasteiger partial charge < -0.3 is 14.8 Å². The first kappa shape index (κ1) is 16.1. The lowest BCUT2D eigenvalue weighted by Gasteiger charge is -2.12. The molecule has 0 radical (unpaired) electrons. The van der Waals surface area contributed by atoms with Crippen molar-refractivity contribution in [1.82, 2.24) is 0 Å². The van der Waals surface area contributed by atoms with Crippen LogP contribution >= 0.6 is 11.6 Å². The van der Waals surface area contributed by atoms with Crippen LogP contribution < -0.4 is 14.8 Å². The number of hydrogen-bond acceptors (Lipinski definition) is 5. The molecule has 0 atom stereocenters. The van der Waals surface area contributed by atoms with Gasteiger partial charge in [0.15, 0.2) is 11.5 Å².